The maximum absolute atomic E-state index is 5.85. The van der Waals surface area contributed by atoms with Crippen LogP contribution in [0.15, 0.2) is 0 Å². The predicted molar refractivity (Wildman–Crippen MR) is 66.0 cm³/mol. The lowest BCUT2D eigenvalue weighted by molar-refractivity contribution is 0.0183. The highest BCUT2D eigenvalue weighted by molar-refractivity contribution is 4.90. The average molecular weight is 213 g/mol. The summed E-state index contributed by atoms with van der Waals surface area (Å²) in [6.45, 7) is 14.8. The Balaban J connectivity index is 2.48. The topological polar surface area (TPSA) is 32.5 Å². The molecule has 1 aliphatic heterocycles. The van der Waals surface area contributed by atoms with E-state index in [1.807, 2.05) is 0 Å². The molecule has 0 aromatic rings. The van der Waals surface area contributed by atoms with Crippen LogP contribution in [0.5, 0.6) is 0 Å². The molecule has 0 radical (unpaired) electrons. The van der Waals surface area contributed by atoms with Crippen LogP contribution in [-0.4, -0.2) is 54.1 Å². The lowest BCUT2D eigenvalue weighted by Crippen LogP contribution is -2.60. The fourth-order valence-corrected chi connectivity index (χ4v) is 2.54. The molecule has 0 spiro atoms. The standard InChI is InChI=1S/C12H27N3/c1-5-6-15-8-7-14(9-11(2)13)10-12(15,3)4/h11H,5-10,13H2,1-4H3. The molecule has 1 heterocycles. The Morgan fingerprint density at radius 2 is 2.00 bits per heavy atom. The summed E-state index contributed by atoms with van der Waals surface area (Å²) >= 11 is 0. The molecule has 90 valence electrons. The van der Waals surface area contributed by atoms with E-state index in [4.69, 9.17) is 5.73 Å². The van der Waals surface area contributed by atoms with E-state index in [1.165, 1.54) is 26.1 Å². The van der Waals surface area contributed by atoms with Crippen LogP contribution in [0.3, 0.4) is 0 Å². The Hall–Kier alpha value is -0.120. The number of nitrogens with two attached hydrogens (primary N) is 1. The summed E-state index contributed by atoms with van der Waals surface area (Å²) in [5.41, 5.74) is 6.16. The van der Waals surface area contributed by atoms with Crippen LogP contribution in [0.2, 0.25) is 0 Å². The highest BCUT2D eigenvalue weighted by Gasteiger charge is 2.32. The number of nitrogens with zero attached hydrogens (tertiary/aromatic N) is 2. The van der Waals surface area contributed by atoms with Crippen molar-refractivity contribution in [1.82, 2.24) is 9.80 Å². The molecule has 0 saturated carbocycles. The van der Waals surface area contributed by atoms with Gasteiger partial charge in [0.15, 0.2) is 0 Å². The highest BCUT2D eigenvalue weighted by Crippen LogP contribution is 2.20. The van der Waals surface area contributed by atoms with Crippen molar-refractivity contribution < 1.29 is 0 Å². The third-order valence-corrected chi connectivity index (χ3v) is 3.19. The van der Waals surface area contributed by atoms with Crippen molar-refractivity contribution in [2.75, 3.05) is 32.7 Å². The molecule has 0 aromatic heterocycles. The quantitative estimate of drug-likeness (QED) is 0.760. The second-order valence-electron chi connectivity index (χ2n) is 5.51. The molecule has 3 nitrogen and oxygen atoms in total. The molecule has 15 heavy (non-hydrogen) atoms. The Morgan fingerprint density at radius 1 is 1.33 bits per heavy atom. The minimum Gasteiger partial charge on any atom is -0.327 e. The zero-order valence-corrected chi connectivity index (χ0v) is 10.8. The summed E-state index contributed by atoms with van der Waals surface area (Å²) < 4.78 is 0. The van der Waals surface area contributed by atoms with E-state index in [0.717, 1.165) is 13.1 Å². The maximum Gasteiger partial charge on any atom is 0.0280 e. The van der Waals surface area contributed by atoms with Gasteiger partial charge in [-0.1, -0.05) is 6.92 Å². The molecule has 1 aliphatic rings. The molecule has 0 amide bonds. The van der Waals surface area contributed by atoms with E-state index in [-0.39, 0.29) is 0 Å². The first kappa shape index (κ1) is 12.9. The number of rotatable bonds is 4. The van der Waals surface area contributed by atoms with Crippen LogP contribution in [-0.2, 0) is 0 Å². The van der Waals surface area contributed by atoms with Crippen LogP contribution in [0.25, 0.3) is 0 Å². The Kier molecular flexibility index (Phi) is 4.56. The molecule has 0 aliphatic carbocycles. The second-order valence-corrected chi connectivity index (χ2v) is 5.51. The van der Waals surface area contributed by atoms with Crippen LogP contribution in [0.1, 0.15) is 34.1 Å². The number of piperazine rings is 1. The molecular weight excluding hydrogens is 186 g/mol. The van der Waals surface area contributed by atoms with Crippen LogP contribution >= 0.6 is 0 Å². The van der Waals surface area contributed by atoms with E-state index in [9.17, 15) is 0 Å². The van der Waals surface area contributed by atoms with Gasteiger partial charge < -0.3 is 5.73 Å². The molecule has 1 saturated heterocycles. The summed E-state index contributed by atoms with van der Waals surface area (Å²) in [6, 6.07) is 0.290. The zero-order valence-electron chi connectivity index (χ0n) is 10.8. The van der Waals surface area contributed by atoms with Gasteiger partial charge in [0.05, 0.1) is 0 Å². The van der Waals surface area contributed by atoms with E-state index in [2.05, 4.69) is 37.5 Å². The Bertz CT molecular complexity index is 189. The van der Waals surface area contributed by atoms with Crippen molar-refractivity contribution in [3.63, 3.8) is 0 Å². The van der Waals surface area contributed by atoms with Crippen molar-refractivity contribution in [3.05, 3.63) is 0 Å². The average Bonchev–Trinajstić information content (AvgIpc) is 2.08. The first-order valence-corrected chi connectivity index (χ1v) is 6.18. The van der Waals surface area contributed by atoms with Gasteiger partial charge in [0, 0.05) is 37.8 Å². The largest absolute Gasteiger partial charge is 0.327 e. The Labute approximate surface area is 94.6 Å². The fraction of sp³-hybridized carbons (Fsp3) is 1.00. The van der Waals surface area contributed by atoms with Gasteiger partial charge in [0.25, 0.3) is 0 Å². The van der Waals surface area contributed by atoms with Gasteiger partial charge in [0.2, 0.25) is 0 Å². The lowest BCUT2D eigenvalue weighted by Gasteiger charge is -2.47. The van der Waals surface area contributed by atoms with Gasteiger partial charge in [-0.05, 0) is 33.7 Å². The van der Waals surface area contributed by atoms with E-state index < -0.39 is 0 Å². The molecule has 0 aromatic carbocycles. The molecule has 2 N–H and O–H groups in total. The summed E-state index contributed by atoms with van der Waals surface area (Å²) in [5.74, 6) is 0. The summed E-state index contributed by atoms with van der Waals surface area (Å²) in [4.78, 5) is 5.10. The molecule has 1 fully saturated rings. The third-order valence-electron chi connectivity index (χ3n) is 3.19. The summed E-state index contributed by atoms with van der Waals surface area (Å²) in [7, 11) is 0. The zero-order chi connectivity index (χ0) is 11.5. The number of hydrogen-bond acceptors (Lipinski definition) is 3. The van der Waals surface area contributed by atoms with Crippen LogP contribution in [0.4, 0.5) is 0 Å². The maximum atomic E-state index is 5.85. The van der Waals surface area contributed by atoms with Gasteiger partial charge in [-0.2, -0.15) is 0 Å². The minimum absolute atomic E-state index is 0.290. The van der Waals surface area contributed by atoms with Crippen molar-refractivity contribution in [2.24, 2.45) is 5.73 Å². The van der Waals surface area contributed by atoms with E-state index in [1.54, 1.807) is 0 Å². The fourth-order valence-electron chi connectivity index (χ4n) is 2.54. The SMILES string of the molecule is CCCN1CCN(CC(C)N)CC1(C)C. The van der Waals surface area contributed by atoms with E-state index >= 15 is 0 Å². The Morgan fingerprint density at radius 3 is 2.47 bits per heavy atom. The van der Waals surface area contributed by atoms with Crippen molar-refractivity contribution in [3.8, 4) is 0 Å². The molecule has 1 atom stereocenters. The molecule has 1 rings (SSSR count). The molecular formula is C12H27N3. The van der Waals surface area contributed by atoms with Crippen LogP contribution in [0, 0.1) is 0 Å². The predicted octanol–water partition coefficient (Wildman–Crippen LogP) is 1.14. The normalized spacial score (nSPS) is 25.4. The summed E-state index contributed by atoms with van der Waals surface area (Å²) in [6.07, 6.45) is 1.25. The first-order chi connectivity index (χ1) is 6.95. The van der Waals surface area contributed by atoms with Gasteiger partial charge in [-0.15, -0.1) is 0 Å². The second kappa shape index (κ2) is 5.28. The lowest BCUT2D eigenvalue weighted by atomic mass is 9.98. The van der Waals surface area contributed by atoms with Gasteiger partial charge in [-0.25, -0.2) is 0 Å². The molecule has 0 bridgehead atoms. The van der Waals surface area contributed by atoms with Crippen molar-refractivity contribution in [2.45, 2.75) is 45.7 Å². The first-order valence-electron chi connectivity index (χ1n) is 6.18. The highest BCUT2D eigenvalue weighted by atomic mass is 15.3. The third kappa shape index (κ3) is 3.74. The van der Waals surface area contributed by atoms with Gasteiger partial charge in [-0.3, -0.25) is 9.80 Å². The van der Waals surface area contributed by atoms with Crippen molar-refractivity contribution in [1.29, 1.82) is 0 Å². The van der Waals surface area contributed by atoms with Crippen LogP contribution < -0.4 is 5.73 Å². The summed E-state index contributed by atoms with van der Waals surface area (Å²) in [5, 5.41) is 0. The monoisotopic (exact) mass is 213 g/mol. The minimum atomic E-state index is 0.290. The van der Waals surface area contributed by atoms with E-state index in [0.29, 0.717) is 11.6 Å². The van der Waals surface area contributed by atoms with Crippen molar-refractivity contribution >= 4 is 0 Å². The number of hydrogen-bond donors (Lipinski definition) is 1. The molecule has 1 unspecified atom stereocenters. The van der Waals surface area contributed by atoms with Gasteiger partial charge in [0.1, 0.15) is 0 Å². The molecule has 3 heteroatoms. The smallest absolute Gasteiger partial charge is 0.0280 e. The van der Waals surface area contributed by atoms with Gasteiger partial charge >= 0.3 is 0 Å².